The number of esters is 1. The van der Waals surface area contributed by atoms with Gasteiger partial charge in [0.05, 0.1) is 18.8 Å². The maximum absolute atomic E-state index is 12.3. The van der Waals surface area contributed by atoms with Gasteiger partial charge in [-0.1, -0.05) is 0 Å². The Labute approximate surface area is 115 Å². The van der Waals surface area contributed by atoms with Gasteiger partial charge in [-0.25, -0.2) is 4.79 Å². The van der Waals surface area contributed by atoms with E-state index >= 15 is 0 Å². The number of phenols is 2. The molecule has 0 bridgehead atoms. The summed E-state index contributed by atoms with van der Waals surface area (Å²) in [6, 6.07) is 2.63. The minimum atomic E-state index is -0.899. The van der Waals surface area contributed by atoms with Crippen molar-refractivity contribution in [1.82, 2.24) is 4.90 Å². The van der Waals surface area contributed by atoms with Gasteiger partial charge in [-0.05, 0) is 18.2 Å². The van der Waals surface area contributed by atoms with Gasteiger partial charge >= 0.3 is 5.97 Å². The Morgan fingerprint density at radius 3 is 2.70 bits per heavy atom. The number of aliphatic hydroxyl groups excluding tert-OH is 1. The van der Waals surface area contributed by atoms with Crippen molar-refractivity contribution in [2.24, 2.45) is 0 Å². The van der Waals surface area contributed by atoms with Gasteiger partial charge in [-0.2, -0.15) is 0 Å². The Hall–Kier alpha value is -2.28. The van der Waals surface area contributed by atoms with E-state index in [0.29, 0.717) is 0 Å². The Bertz CT molecular complexity index is 544. The summed E-state index contributed by atoms with van der Waals surface area (Å²) in [5, 5.41) is 28.7. The SMILES string of the molecule is COC(=O)C1CC(O)CN1C(=O)c1cc(O)ccc1O. The van der Waals surface area contributed by atoms with Crippen LogP contribution >= 0.6 is 0 Å². The Morgan fingerprint density at radius 2 is 2.05 bits per heavy atom. The molecular weight excluding hydrogens is 266 g/mol. The van der Waals surface area contributed by atoms with Crippen LogP contribution in [0.5, 0.6) is 11.5 Å². The first-order chi connectivity index (χ1) is 9.43. The first kappa shape index (κ1) is 14.1. The predicted molar refractivity (Wildman–Crippen MR) is 67.2 cm³/mol. The van der Waals surface area contributed by atoms with E-state index < -0.39 is 24.0 Å². The molecule has 20 heavy (non-hydrogen) atoms. The minimum absolute atomic E-state index is 0.0340. The van der Waals surface area contributed by atoms with Gasteiger partial charge in [0.15, 0.2) is 0 Å². The summed E-state index contributed by atoms with van der Waals surface area (Å²) in [6.07, 6.45) is -0.750. The van der Waals surface area contributed by atoms with Crippen LogP contribution in [-0.2, 0) is 9.53 Å². The first-order valence-corrected chi connectivity index (χ1v) is 6.03. The van der Waals surface area contributed by atoms with Gasteiger partial charge in [-0.3, -0.25) is 4.79 Å². The Kier molecular flexibility index (Phi) is 3.80. The van der Waals surface area contributed by atoms with Crippen LogP contribution in [0.2, 0.25) is 0 Å². The van der Waals surface area contributed by atoms with Crippen LogP contribution in [0.15, 0.2) is 18.2 Å². The molecule has 0 aliphatic carbocycles. The zero-order valence-corrected chi connectivity index (χ0v) is 10.8. The molecule has 2 unspecified atom stereocenters. The number of aliphatic hydroxyl groups is 1. The molecule has 108 valence electrons. The Balaban J connectivity index is 2.31. The molecule has 1 aromatic carbocycles. The van der Waals surface area contributed by atoms with Crippen LogP contribution in [0.3, 0.4) is 0 Å². The molecule has 1 fully saturated rings. The van der Waals surface area contributed by atoms with E-state index in [9.17, 15) is 24.9 Å². The number of phenolic OH excluding ortho intramolecular Hbond substituents is 2. The average Bonchev–Trinajstić information content (AvgIpc) is 2.82. The van der Waals surface area contributed by atoms with Gasteiger partial charge < -0.3 is 25.0 Å². The second-order valence-corrected chi connectivity index (χ2v) is 4.59. The quantitative estimate of drug-likeness (QED) is 0.514. The van der Waals surface area contributed by atoms with Crippen LogP contribution in [0.1, 0.15) is 16.8 Å². The molecule has 7 nitrogen and oxygen atoms in total. The number of nitrogens with zero attached hydrogens (tertiary/aromatic N) is 1. The van der Waals surface area contributed by atoms with Crippen molar-refractivity contribution in [2.45, 2.75) is 18.6 Å². The summed E-state index contributed by atoms with van der Waals surface area (Å²) >= 11 is 0. The summed E-state index contributed by atoms with van der Waals surface area (Å²) in [4.78, 5) is 25.1. The van der Waals surface area contributed by atoms with E-state index in [2.05, 4.69) is 4.74 Å². The largest absolute Gasteiger partial charge is 0.508 e. The van der Waals surface area contributed by atoms with Crippen molar-refractivity contribution in [1.29, 1.82) is 0 Å². The molecule has 1 heterocycles. The molecule has 1 aliphatic rings. The predicted octanol–water partition coefficient (Wildman–Crippen LogP) is -0.154. The lowest BCUT2D eigenvalue weighted by molar-refractivity contribution is -0.145. The zero-order chi connectivity index (χ0) is 14.9. The van der Waals surface area contributed by atoms with Gasteiger partial charge in [0.25, 0.3) is 5.91 Å². The molecule has 7 heteroatoms. The first-order valence-electron chi connectivity index (χ1n) is 6.03. The molecule has 1 aromatic rings. The summed E-state index contributed by atoms with van der Waals surface area (Å²) in [7, 11) is 1.20. The number of hydrogen-bond acceptors (Lipinski definition) is 6. The summed E-state index contributed by atoms with van der Waals surface area (Å²) in [5.74, 6) is -1.77. The number of carbonyl (C=O) groups excluding carboxylic acids is 2. The monoisotopic (exact) mass is 281 g/mol. The van der Waals surface area contributed by atoms with Gasteiger partial charge in [0.1, 0.15) is 17.5 Å². The van der Waals surface area contributed by atoms with Crippen molar-refractivity contribution in [2.75, 3.05) is 13.7 Å². The standard InChI is InChI=1S/C13H15NO6/c1-20-13(19)10-5-8(16)6-14(10)12(18)9-4-7(15)2-3-11(9)17/h2-4,8,10,15-17H,5-6H2,1H3. The third-order valence-electron chi connectivity index (χ3n) is 3.22. The fourth-order valence-electron chi connectivity index (χ4n) is 2.25. The summed E-state index contributed by atoms with van der Waals surface area (Å²) in [5.41, 5.74) is -0.131. The van der Waals surface area contributed by atoms with Crippen molar-refractivity contribution in [3.05, 3.63) is 23.8 Å². The average molecular weight is 281 g/mol. The number of β-amino-alcohol motifs (C(OH)–C–C–N with tert-alkyl or cyclic N) is 1. The number of benzene rings is 1. The molecule has 2 atom stereocenters. The summed E-state index contributed by atoms with van der Waals surface area (Å²) in [6.45, 7) is -0.0340. The van der Waals surface area contributed by atoms with Gasteiger partial charge in [-0.15, -0.1) is 0 Å². The molecule has 0 radical (unpaired) electrons. The molecule has 0 aromatic heterocycles. The third-order valence-corrected chi connectivity index (χ3v) is 3.22. The van der Waals surface area contributed by atoms with Crippen LogP contribution < -0.4 is 0 Å². The molecule has 0 saturated carbocycles. The van der Waals surface area contributed by atoms with E-state index in [1.54, 1.807) is 0 Å². The van der Waals surface area contributed by atoms with Crippen LogP contribution in [-0.4, -0.2) is 57.9 Å². The highest BCUT2D eigenvalue weighted by Crippen LogP contribution is 2.27. The van der Waals surface area contributed by atoms with Crippen LogP contribution in [0.25, 0.3) is 0 Å². The molecule has 1 amide bonds. The van der Waals surface area contributed by atoms with E-state index in [4.69, 9.17) is 0 Å². The van der Waals surface area contributed by atoms with Crippen molar-refractivity contribution in [3.8, 4) is 11.5 Å². The molecule has 1 aliphatic heterocycles. The summed E-state index contributed by atoms with van der Waals surface area (Å²) < 4.78 is 4.60. The highest BCUT2D eigenvalue weighted by Gasteiger charge is 2.40. The third kappa shape index (κ3) is 2.53. The second kappa shape index (κ2) is 5.38. The van der Waals surface area contributed by atoms with Gasteiger partial charge in [0, 0.05) is 13.0 Å². The van der Waals surface area contributed by atoms with E-state index in [-0.39, 0.29) is 30.0 Å². The van der Waals surface area contributed by atoms with Crippen molar-refractivity contribution in [3.63, 3.8) is 0 Å². The molecule has 1 saturated heterocycles. The Morgan fingerprint density at radius 1 is 1.35 bits per heavy atom. The number of ether oxygens (including phenoxy) is 1. The maximum atomic E-state index is 12.3. The number of hydrogen-bond donors (Lipinski definition) is 3. The fourth-order valence-corrected chi connectivity index (χ4v) is 2.25. The van der Waals surface area contributed by atoms with E-state index in [1.165, 1.54) is 19.2 Å². The topological polar surface area (TPSA) is 107 Å². The van der Waals surface area contributed by atoms with Crippen molar-refractivity contribution >= 4 is 11.9 Å². The smallest absolute Gasteiger partial charge is 0.328 e. The molecular formula is C13H15NO6. The number of aromatic hydroxyl groups is 2. The van der Waals surface area contributed by atoms with Gasteiger partial charge in [0.2, 0.25) is 0 Å². The lowest BCUT2D eigenvalue weighted by Gasteiger charge is -2.22. The van der Waals surface area contributed by atoms with E-state index in [1.807, 2.05) is 0 Å². The molecule has 2 rings (SSSR count). The number of rotatable bonds is 2. The minimum Gasteiger partial charge on any atom is -0.508 e. The van der Waals surface area contributed by atoms with Crippen LogP contribution in [0.4, 0.5) is 0 Å². The molecule has 0 spiro atoms. The van der Waals surface area contributed by atoms with E-state index in [0.717, 1.165) is 11.0 Å². The lowest BCUT2D eigenvalue weighted by Crippen LogP contribution is -2.41. The number of carbonyl (C=O) groups is 2. The zero-order valence-electron chi connectivity index (χ0n) is 10.8. The maximum Gasteiger partial charge on any atom is 0.328 e. The lowest BCUT2D eigenvalue weighted by atomic mass is 10.1. The second-order valence-electron chi connectivity index (χ2n) is 4.59. The molecule has 3 N–H and O–H groups in total. The number of amides is 1. The highest BCUT2D eigenvalue weighted by atomic mass is 16.5. The van der Waals surface area contributed by atoms with Crippen molar-refractivity contribution < 1.29 is 29.6 Å². The fraction of sp³-hybridized carbons (Fsp3) is 0.385. The normalized spacial score (nSPS) is 21.8. The van der Waals surface area contributed by atoms with Crippen LogP contribution in [0, 0.1) is 0 Å². The highest BCUT2D eigenvalue weighted by molar-refractivity contribution is 5.99. The number of methoxy groups -OCH3 is 1. The number of likely N-dealkylation sites (tertiary alicyclic amines) is 1.